The topological polar surface area (TPSA) is 78.5 Å². The number of anilines is 2. The van der Waals surface area contributed by atoms with E-state index in [0.29, 0.717) is 12.2 Å². The van der Waals surface area contributed by atoms with Crippen LogP contribution in [0.15, 0.2) is 18.2 Å². The number of nitrogen functional groups attached to an aromatic ring is 1. The molecule has 0 saturated carbocycles. The van der Waals surface area contributed by atoms with Crippen LogP contribution in [-0.4, -0.2) is 29.5 Å². The molecule has 4 heteroatoms. The van der Waals surface area contributed by atoms with Gasteiger partial charge in [0.2, 0.25) is 0 Å². The Hall–Kier alpha value is -1.26. The molecule has 1 unspecified atom stereocenters. The Morgan fingerprint density at radius 1 is 1.50 bits per heavy atom. The molecule has 5 N–H and O–H groups in total. The fraction of sp³-hybridized carbons (Fsp3) is 0.400. The highest BCUT2D eigenvalue weighted by atomic mass is 16.3. The number of benzene rings is 1. The summed E-state index contributed by atoms with van der Waals surface area (Å²) in [7, 11) is 0. The number of hydrogen-bond acceptors (Lipinski definition) is 4. The molecule has 1 rings (SSSR count). The zero-order valence-electron chi connectivity index (χ0n) is 8.20. The molecule has 0 spiro atoms. The molecule has 0 saturated heterocycles. The van der Waals surface area contributed by atoms with Gasteiger partial charge in [-0.1, -0.05) is 6.07 Å². The van der Waals surface area contributed by atoms with E-state index < -0.39 is 6.10 Å². The van der Waals surface area contributed by atoms with Crippen LogP contribution in [0.3, 0.4) is 0 Å². The van der Waals surface area contributed by atoms with Gasteiger partial charge in [0.15, 0.2) is 0 Å². The molecule has 14 heavy (non-hydrogen) atoms. The summed E-state index contributed by atoms with van der Waals surface area (Å²) in [5.41, 5.74) is 8.30. The summed E-state index contributed by atoms with van der Waals surface area (Å²) in [5.74, 6) is 0. The molecule has 1 atom stereocenters. The molecule has 1 aromatic carbocycles. The Morgan fingerprint density at radius 2 is 2.21 bits per heavy atom. The second-order valence-corrected chi connectivity index (χ2v) is 3.29. The largest absolute Gasteiger partial charge is 0.398 e. The maximum absolute atomic E-state index is 9.10. The molecule has 4 nitrogen and oxygen atoms in total. The SMILES string of the molecule is Cc1ccc(NCC(O)CO)cc1N. The predicted octanol–water partition coefficient (Wildman–Crippen LogP) is 0.342. The lowest BCUT2D eigenvalue weighted by Crippen LogP contribution is -2.22. The van der Waals surface area contributed by atoms with E-state index in [-0.39, 0.29) is 6.61 Å². The van der Waals surface area contributed by atoms with E-state index in [1.54, 1.807) is 6.07 Å². The number of hydrogen-bond donors (Lipinski definition) is 4. The van der Waals surface area contributed by atoms with Crippen LogP contribution in [0.5, 0.6) is 0 Å². The van der Waals surface area contributed by atoms with Gasteiger partial charge >= 0.3 is 0 Å². The number of aliphatic hydroxyl groups is 2. The molecule has 0 aliphatic rings. The third kappa shape index (κ3) is 2.90. The van der Waals surface area contributed by atoms with Crippen LogP contribution in [0.4, 0.5) is 11.4 Å². The van der Waals surface area contributed by atoms with Crippen molar-refractivity contribution in [2.45, 2.75) is 13.0 Å². The van der Waals surface area contributed by atoms with Gasteiger partial charge < -0.3 is 21.3 Å². The smallest absolute Gasteiger partial charge is 0.0942 e. The Labute approximate surface area is 83.4 Å². The lowest BCUT2D eigenvalue weighted by atomic mass is 10.2. The number of rotatable bonds is 4. The highest BCUT2D eigenvalue weighted by Crippen LogP contribution is 2.16. The van der Waals surface area contributed by atoms with Crippen LogP contribution in [0.2, 0.25) is 0 Å². The minimum absolute atomic E-state index is 0.242. The molecule has 78 valence electrons. The van der Waals surface area contributed by atoms with Crippen molar-refractivity contribution in [2.24, 2.45) is 0 Å². The summed E-state index contributed by atoms with van der Waals surface area (Å²) in [4.78, 5) is 0. The van der Waals surface area contributed by atoms with Gasteiger partial charge in [-0.05, 0) is 24.6 Å². The van der Waals surface area contributed by atoms with Crippen molar-refractivity contribution in [2.75, 3.05) is 24.2 Å². The summed E-state index contributed by atoms with van der Waals surface area (Å²) in [6.45, 7) is 2.01. The third-order valence-corrected chi connectivity index (χ3v) is 2.03. The molecular weight excluding hydrogens is 180 g/mol. The van der Waals surface area contributed by atoms with E-state index in [0.717, 1.165) is 11.3 Å². The highest BCUT2D eigenvalue weighted by Gasteiger charge is 2.01. The summed E-state index contributed by atoms with van der Waals surface area (Å²) in [5, 5.41) is 20.7. The van der Waals surface area contributed by atoms with E-state index in [2.05, 4.69) is 5.32 Å². The Morgan fingerprint density at radius 3 is 2.79 bits per heavy atom. The maximum Gasteiger partial charge on any atom is 0.0942 e. The first-order valence-electron chi connectivity index (χ1n) is 4.52. The molecule has 0 heterocycles. The average molecular weight is 196 g/mol. The van der Waals surface area contributed by atoms with Crippen LogP contribution in [0, 0.1) is 6.92 Å². The fourth-order valence-corrected chi connectivity index (χ4v) is 1.05. The molecule has 0 aliphatic carbocycles. The Balaban J connectivity index is 2.55. The normalized spacial score (nSPS) is 12.5. The van der Waals surface area contributed by atoms with Crippen molar-refractivity contribution in [1.82, 2.24) is 0 Å². The van der Waals surface area contributed by atoms with Gasteiger partial charge in [0.1, 0.15) is 0 Å². The van der Waals surface area contributed by atoms with E-state index >= 15 is 0 Å². The van der Waals surface area contributed by atoms with Gasteiger partial charge in [-0.3, -0.25) is 0 Å². The Kier molecular flexibility index (Phi) is 3.73. The predicted molar refractivity (Wildman–Crippen MR) is 57.2 cm³/mol. The van der Waals surface area contributed by atoms with Crippen LogP contribution in [0.1, 0.15) is 5.56 Å². The lowest BCUT2D eigenvalue weighted by Gasteiger charge is -2.11. The van der Waals surface area contributed by atoms with Gasteiger partial charge in [-0.2, -0.15) is 0 Å². The molecule has 0 bridgehead atoms. The molecule has 0 aromatic heterocycles. The zero-order chi connectivity index (χ0) is 10.6. The number of aliphatic hydroxyl groups excluding tert-OH is 2. The molecule has 0 fully saturated rings. The van der Waals surface area contributed by atoms with Gasteiger partial charge in [0.05, 0.1) is 12.7 Å². The number of aryl methyl sites for hydroxylation is 1. The summed E-state index contributed by atoms with van der Waals surface area (Å²) in [6, 6.07) is 5.60. The Bertz CT molecular complexity index is 302. The van der Waals surface area contributed by atoms with E-state index in [1.165, 1.54) is 0 Å². The van der Waals surface area contributed by atoms with Crippen molar-refractivity contribution in [3.63, 3.8) is 0 Å². The van der Waals surface area contributed by atoms with E-state index in [4.69, 9.17) is 15.9 Å². The first-order valence-corrected chi connectivity index (χ1v) is 4.52. The summed E-state index contributed by atoms with van der Waals surface area (Å²) < 4.78 is 0. The van der Waals surface area contributed by atoms with Crippen molar-refractivity contribution in [3.8, 4) is 0 Å². The first-order chi connectivity index (χ1) is 6.63. The van der Waals surface area contributed by atoms with Crippen LogP contribution < -0.4 is 11.1 Å². The standard InChI is InChI=1S/C10H16N2O2/c1-7-2-3-8(4-10(7)11)12-5-9(14)6-13/h2-4,9,12-14H,5-6,11H2,1H3. The van der Waals surface area contributed by atoms with Crippen LogP contribution in [-0.2, 0) is 0 Å². The van der Waals surface area contributed by atoms with E-state index in [1.807, 2.05) is 19.1 Å². The summed E-state index contributed by atoms with van der Waals surface area (Å²) in [6.07, 6.45) is -0.738. The second kappa shape index (κ2) is 4.83. The zero-order valence-corrected chi connectivity index (χ0v) is 8.20. The van der Waals surface area contributed by atoms with E-state index in [9.17, 15) is 0 Å². The monoisotopic (exact) mass is 196 g/mol. The second-order valence-electron chi connectivity index (χ2n) is 3.29. The number of nitrogens with two attached hydrogens (primary N) is 1. The fourth-order valence-electron chi connectivity index (χ4n) is 1.05. The first kappa shape index (κ1) is 10.8. The van der Waals surface area contributed by atoms with Gasteiger partial charge in [0.25, 0.3) is 0 Å². The van der Waals surface area contributed by atoms with Crippen molar-refractivity contribution in [1.29, 1.82) is 0 Å². The molecule has 0 radical (unpaired) electrons. The number of nitrogens with one attached hydrogen (secondary N) is 1. The molecule has 0 amide bonds. The molecule has 0 aliphatic heterocycles. The average Bonchev–Trinajstić information content (AvgIpc) is 2.19. The van der Waals surface area contributed by atoms with Gasteiger partial charge in [-0.25, -0.2) is 0 Å². The third-order valence-electron chi connectivity index (χ3n) is 2.03. The highest BCUT2D eigenvalue weighted by molar-refractivity contribution is 5.58. The van der Waals surface area contributed by atoms with Crippen molar-refractivity contribution >= 4 is 11.4 Å². The minimum Gasteiger partial charge on any atom is -0.398 e. The molecule has 1 aromatic rings. The van der Waals surface area contributed by atoms with Crippen molar-refractivity contribution < 1.29 is 10.2 Å². The summed E-state index contributed by atoms with van der Waals surface area (Å²) >= 11 is 0. The quantitative estimate of drug-likeness (QED) is 0.524. The minimum atomic E-state index is -0.738. The lowest BCUT2D eigenvalue weighted by molar-refractivity contribution is 0.105. The van der Waals surface area contributed by atoms with Crippen LogP contribution >= 0.6 is 0 Å². The molecular formula is C10H16N2O2. The van der Waals surface area contributed by atoms with Gasteiger partial charge in [0, 0.05) is 17.9 Å². The van der Waals surface area contributed by atoms with Gasteiger partial charge in [-0.15, -0.1) is 0 Å². The maximum atomic E-state index is 9.10. The van der Waals surface area contributed by atoms with Crippen LogP contribution in [0.25, 0.3) is 0 Å². The van der Waals surface area contributed by atoms with Crippen molar-refractivity contribution in [3.05, 3.63) is 23.8 Å².